The molecular formula is C42H48Br6N12. The normalized spacial score (nSPS) is 11.9. The molecule has 0 bridgehead atoms. The molecule has 0 saturated heterocycles. The van der Waals surface area contributed by atoms with Crippen LogP contribution in [-0.2, 0) is 39.3 Å². The van der Waals surface area contributed by atoms with E-state index in [9.17, 15) is 0 Å². The monoisotopic (exact) mass is 1190 g/mol. The smallest absolute Gasteiger partial charge is 0.0738 e. The lowest BCUT2D eigenvalue weighted by atomic mass is 9.85. The molecule has 318 valence electrons. The molecule has 6 heterocycles. The lowest BCUT2D eigenvalue weighted by molar-refractivity contribution is 0.567. The van der Waals surface area contributed by atoms with E-state index in [1.54, 1.807) is 0 Å². The fourth-order valence-corrected chi connectivity index (χ4v) is 9.81. The highest BCUT2D eigenvalue weighted by Crippen LogP contribution is 2.37. The molecule has 0 aliphatic carbocycles. The highest BCUT2D eigenvalue weighted by atomic mass is 79.9. The Labute approximate surface area is 401 Å². The lowest BCUT2D eigenvalue weighted by Crippen LogP contribution is -2.25. The largest absolute Gasteiger partial charge is 0.264 e. The summed E-state index contributed by atoms with van der Waals surface area (Å²) in [6.45, 7) is 28.1. The molecule has 0 saturated carbocycles. The average molecular weight is 1200 g/mol. The lowest BCUT2D eigenvalue weighted by Gasteiger charge is -2.29. The van der Waals surface area contributed by atoms with Crippen molar-refractivity contribution in [3.8, 4) is 0 Å². The Morgan fingerprint density at radius 1 is 0.250 bits per heavy atom. The van der Waals surface area contributed by atoms with Crippen LogP contribution in [0.1, 0.15) is 102 Å². The number of aromatic nitrogens is 12. The Kier molecular flexibility index (Phi) is 13.2. The number of hydrogen-bond donors (Lipinski definition) is 0. The van der Waals surface area contributed by atoms with Crippen LogP contribution in [0.4, 0.5) is 0 Å². The SMILES string of the molecule is Cc1nn(Cc2c(Cn3nc(C)c(Br)c3C)c(Cn3nc(C)c(Br)c3C)c(Cn3nc(C)c(Br)c3C)c(Cn3nc(C)c(Br)c3C)c2Cn2nc(C)c(Br)c2C)c(C)c1Br. The van der Waals surface area contributed by atoms with Crippen LogP contribution in [0.2, 0.25) is 0 Å². The molecule has 0 N–H and O–H groups in total. The second-order valence-corrected chi connectivity index (χ2v) is 20.5. The van der Waals surface area contributed by atoms with Gasteiger partial charge in [0.05, 0.1) is 134 Å². The molecule has 0 atom stereocenters. The Morgan fingerprint density at radius 3 is 0.450 bits per heavy atom. The molecule has 0 amide bonds. The molecular weight excluding hydrogens is 1150 g/mol. The van der Waals surface area contributed by atoms with Gasteiger partial charge in [0.2, 0.25) is 0 Å². The average Bonchev–Trinajstić information content (AvgIpc) is 3.93. The number of nitrogens with zero attached hydrogens (tertiary/aromatic N) is 12. The zero-order valence-electron chi connectivity index (χ0n) is 35.9. The van der Waals surface area contributed by atoms with Crippen molar-refractivity contribution in [2.75, 3.05) is 0 Å². The highest BCUT2D eigenvalue weighted by molar-refractivity contribution is 9.11. The van der Waals surface area contributed by atoms with Crippen molar-refractivity contribution in [3.05, 3.63) is 129 Å². The van der Waals surface area contributed by atoms with Crippen molar-refractivity contribution < 1.29 is 0 Å². The van der Waals surface area contributed by atoms with E-state index in [0.29, 0.717) is 39.3 Å². The van der Waals surface area contributed by atoms with Gasteiger partial charge in [-0.2, -0.15) is 30.6 Å². The summed E-state index contributed by atoms with van der Waals surface area (Å²) >= 11 is 23.1. The van der Waals surface area contributed by atoms with E-state index in [4.69, 9.17) is 30.6 Å². The Bertz CT molecular complexity index is 2320. The number of aryl methyl sites for hydroxylation is 6. The predicted octanol–water partition coefficient (Wildman–Crippen LogP) is 11.4. The molecule has 0 radical (unpaired) electrons. The first-order valence-corrected chi connectivity index (χ1v) is 24.3. The van der Waals surface area contributed by atoms with Crippen LogP contribution in [0.3, 0.4) is 0 Å². The summed E-state index contributed by atoms with van der Waals surface area (Å²) in [6.07, 6.45) is 0. The topological polar surface area (TPSA) is 107 Å². The fourth-order valence-electron chi connectivity index (χ4n) is 8.11. The molecule has 7 aromatic rings. The van der Waals surface area contributed by atoms with Crippen LogP contribution in [0.25, 0.3) is 0 Å². The van der Waals surface area contributed by atoms with Crippen molar-refractivity contribution in [1.82, 2.24) is 58.7 Å². The second kappa shape index (κ2) is 17.5. The van der Waals surface area contributed by atoms with Crippen molar-refractivity contribution >= 4 is 95.6 Å². The maximum Gasteiger partial charge on any atom is 0.0738 e. The minimum Gasteiger partial charge on any atom is -0.264 e. The summed E-state index contributed by atoms with van der Waals surface area (Å²) in [5.74, 6) is 0. The molecule has 0 aliphatic rings. The van der Waals surface area contributed by atoms with E-state index < -0.39 is 0 Å². The van der Waals surface area contributed by atoms with Gasteiger partial charge >= 0.3 is 0 Å². The first kappa shape index (κ1) is 45.4. The Hall–Kier alpha value is -2.64. The van der Waals surface area contributed by atoms with E-state index in [0.717, 1.165) is 129 Å². The Morgan fingerprint density at radius 2 is 0.367 bits per heavy atom. The summed E-state index contributed by atoms with van der Waals surface area (Å²) in [5.41, 5.74) is 18.9. The van der Waals surface area contributed by atoms with Gasteiger partial charge in [0.25, 0.3) is 0 Å². The summed E-state index contributed by atoms with van der Waals surface area (Å²) in [4.78, 5) is 0. The van der Waals surface area contributed by atoms with Gasteiger partial charge in [0, 0.05) is 0 Å². The number of benzene rings is 1. The van der Waals surface area contributed by atoms with Gasteiger partial charge in [-0.25, -0.2) is 0 Å². The van der Waals surface area contributed by atoms with E-state index >= 15 is 0 Å². The third kappa shape index (κ3) is 8.19. The van der Waals surface area contributed by atoms with Gasteiger partial charge in [0.1, 0.15) is 0 Å². The summed E-state index contributed by atoms with van der Waals surface area (Å²) in [6, 6.07) is 0. The molecule has 6 aromatic heterocycles. The molecule has 18 heteroatoms. The Balaban J connectivity index is 1.68. The molecule has 0 fully saturated rings. The van der Waals surface area contributed by atoms with Crippen molar-refractivity contribution in [2.24, 2.45) is 0 Å². The fraction of sp³-hybridized carbons (Fsp3) is 0.429. The first-order chi connectivity index (χ1) is 28.2. The molecule has 60 heavy (non-hydrogen) atoms. The van der Waals surface area contributed by atoms with E-state index in [2.05, 4.69) is 165 Å². The molecule has 0 unspecified atom stereocenters. The molecule has 0 aliphatic heterocycles. The third-order valence-corrected chi connectivity index (χ3v) is 18.7. The van der Waals surface area contributed by atoms with Crippen LogP contribution in [-0.4, -0.2) is 58.7 Å². The maximum atomic E-state index is 5.12. The number of rotatable bonds is 12. The van der Waals surface area contributed by atoms with Crippen LogP contribution < -0.4 is 0 Å². The zero-order valence-corrected chi connectivity index (χ0v) is 45.4. The van der Waals surface area contributed by atoms with Gasteiger partial charge in [0.15, 0.2) is 0 Å². The van der Waals surface area contributed by atoms with Gasteiger partial charge in [-0.05, 0) is 212 Å². The minimum atomic E-state index is 0.511. The minimum absolute atomic E-state index is 0.511. The zero-order chi connectivity index (χ0) is 43.8. The van der Waals surface area contributed by atoms with Gasteiger partial charge < -0.3 is 0 Å². The van der Waals surface area contributed by atoms with E-state index in [1.807, 2.05) is 41.5 Å². The first-order valence-electron chi connectivity index (χ1n) is 19.5. The maximum absolute atomic E-state index is 5.12. The summed E-state index contributed by atoms with van der Waals surface area (Å²) in [7, 11) is 0. The quantitative estimate of drug-likeness (QED) is 0.121. The van der Waals surface area contributed by atoms with Gasteiger partial charge in [-0.3, -0.25) is 28.1 Å². The number of hydrogen-bond acceptors (Lipinski definition) is 6. The third-order valence-electron chi connectivity index (χ3n) is 11.8. The highest BCUT2D eigenvalue weighted by Gasteiger charge is 2.30. The van der Waals surface area contributed by atoms with Crippen LogP contribution in [0.5, 0.6) is 0 Å². The number of halogens is 6. The van der Waals surface area contributed by atoms with Crippen LogP contribution in [0.15, 0.2) is 26.8 Å². The standard InChI is InChI=1S/C42H48Br6N12/c1-19-37(43)25(7)55(49-19)13-31-32(14-56-26(8)38(44)20(2)50-56)34(16-58-28(10)40(46)22(4)52-58)36(18-60-30(12)42(48)24(6)54-60)35(17-59-29(11)41(47)23(5)53-59)33(31)15-57-27(9)39(45)21(3)51-57/h13-18H2,1-12H3. The van der Waals surface area contributed by atoms with E-state index in [1.165, 1.54) is 0 Å². The predicted molar refractivity (Wildman–Crippen MR) is 257 cm³/mol. The second-order valence-electron chi connectivity index (χ2n) is 15.7. The van der Waals surface area contributed by atoms with Crippen LogP contribution in [0, 0.1) is 83.1 Å². The summed E-state index contributed by atoms with van der Waals surface area (Å²) in [5, 5.41) is 30.7. The molecule has 7 rings (SSSR count). The van der Waals surface area contributed by atoms with Crippen molar-refractivity contribution in [1.29, 1.82) is 0 Å². The molecule has 12 nitrogen and oxygen atoms in total. The summed E-state index contributed by atoms with van der Waals surface area (Å²) < 4.78 is 18.8. The van der Waals surface area contributed by atoms with Crippen molar-refractivity contribution in [3.63, 3.8) is 0 Å². The van der Waals surface area contributed by atoms with Crippen LogP contribution >= 0.6 is 95.6 Å². The van der Waals surface area contributed by atoms with E-state index in [-0.39, 0.29) is 0 Å². The molecule has 1 aromatic carbocycles. The van der Waals surface area contributed by atoms with Crippen molar-refractivity contribution in [2.45, 2.75) is 122 Å². The van der Waals surface area contributed by atoms with Gasteiger partial charge in [-0.1, -0.05) is 0 Å². The molecule has 0 spiro atoms. The van der Waals surface area contributed by atoms with Gasteiger partial charge in [-0.15, -0.1) is 0 Å².